The summed E-state index contributed by atoms with van der Waals surface area (Å²) in [5.41, 5.74) is 0.740. The summed E-state index contributed by atoms with van der Waals surface area (Å²) >= 11 is 0. The predicted octanol–water partition coefficient (Wildman–Crippen LogP) is 3.41. The number of hydrogen-bond acceptors (Lipinski definition) is 5. The average molecular weight is 347 g/mol. The quantitative estimate of drug-likeness (QED) is 0.785. The van der Waals surface area contributed by atoms with Crippen molar-refractivity contribution in [3.8, 4) is 5.88 Å². The van der Waals surface area contributed by atoms with Gasteiger partial charge in [0.1, 0.15) is 5.60 Å². The second kappa shape index (κ2) is 6.25. The molecular weight excluding hydrogens is 317 g/mol. The molecule has 0 aliphatic carbocycles. The van der Waals surface area contributed by atoms with Crippen LogP contribution in [0.4, 0.5) is 0 Å². The van der Waals surface area contributed by atoms with E-state index in [1.165, 1.54) is 0 Å². The average Bonchev–Trinajstić information content (AvgIpc) is 3.04. The van der Waals surface area contributed by atoms with E-state index in [2.05, 4.69) is 32.7 Å². The lowest BCUT2D eigenvalue weighted by atomic mass is 9.79. The summed E-state index contributed by atoms with van der Waals surface area (Å²) in [4.78, 5) is 4.69. The highest BCUT2D eigenvalue weighted by Crippen LogP contribution is 2.37. The second-order valence-electron chi connectivity index (χ2n) is 8.97. The molecule has 5 nitrogen and oxygen atoms in total. The lowest BCUT2D eigenvalue weighted by Gasteiger charge is -2.32. The Morgan fingerprint density at radius 1 is 1.12 bits per heavy atom. The maximum atomic E-state index is 6.21. The van der Waals surface area contributed by atoms with Crippen molar-refractivity contribution in [3.05, 3.63) is 17.8 Å². The van der Waals surface area contributed by atoms with Crippen molar-refractivity contribution in [2.45, 2.75) is 84.2 Å². The van der Waals surface area contributed by atoms with Crippen LogP contribution in [0.5, 0.6) is 5.88 Å². The third-order valence-electron chi connectivity index (χ3n) is 5.04. The largest absolute Gasteiger partial charge is 0.495 e. The molecule has 0 amide bonds. The number of hydrogen-bond donors (Lipinski definition) is 0. The maximum Gasteiger partial charge on any atom is 0.495 e. The first-order valence-corrected chi connectivity index (χ1v) is 9.15. The van der Waals surface area contributed by atoms with Crippen LogP contribution in [0, 0.1) is 0 Å². The minimum atomic E-state index is -0.435. The van der Waals surface area contributed by atoms with Crippen molar-refractivity contribution < 1.29 is 18.8 Å². The maximum absolute atomic E-state index is 6.21. The molecule has 0 bridgehead atoms. The van der Waals surface area contributed by atoms with Gasteiger partial charge >= 0.3 is 7.12 Å². The SMILES string of the molecule is CC(C)(C)Oc1cc(B2OC(C)(C)C(C)(C)O2)cc(C2CCCO2)n1. The lowest BCUT2D eigenvalue weighted by molar-refractivity contribution is 0.00578. The van der Waals surface area contributed by atoms with Crippen LogP contribution in [0.3, 0.4) is 0 Å². The summed E-state index contributed by atoms with van der Waals surface area (Å²) in [5, 5.41) is 0. The Bertz CT molecular complexity index is 617. The second-order valence-corrected chi connectivity index (χ2v) is 8.97. The minimum Gasteiger partial charge on any atom is -0.472 e. The van der Waals surface area contributed by atoms with Crippen LogP contribution in [0.2, 0.25) is 0 Å². The zero-order valence-corrected chi connectivity index (χ0v) is 16.5. The highest BCUT2D eigenvalue weighted by atomic mass is 16.7. The standard InChI is InChI=1S/C19H30BNO4/c1-17(2,3)23-16-12-13(11-14(21-16)15-9-8-10-22-15)20-24-18(4,5)19(6,7)25-20/h11-12,15H,8-10H2,1-7H3. The van der Waals surface area contributed by atoms with Crippen LogP contribution in [0.25, 0.3) is 0 Å². The topological polar surface area (TPSA) is 49.8 Å². The molecule has 3 rings (SSSR count). The Labute approximate surface area is 151 Å². The number of nitrogens with zero attached hydrogens (tertiary/aromatic N) is 1. The van der Waals surface area contributed by atoms with E-state index in [9.17, 15) is 0 Å². The zero-order valence-electron chi connectivity index (χ0n) is 16.5. The Hall–Kier alpha value is -1.11. The summed E-state index contributed by atoms with van der Waals surface area (Å²) in [7, 11) is -0.435. The molecule has 6 heteroatoms. The molecule has 2 saturated heterocycles. The molecule has 1 aromatic rings. The molecule has 0 N–H and O–H groups in total. The Balaban J connectivity index is 1.95. The van der Waals surface area contributed by atoms with Crippen molar-refractivity contribution in [2.75, 3.05) is 6.61 Å². The molecule has 1 unspecified atom stereocenters. The first-order chi connectivity index (χ1) is 11.5. The smallest absolute Gasteiger partial charge is 0.472 e. The fraction of sp³-hybridized carbons (Fsp3) is 0.737. The highest BCUT2D eigenvalue weighted by Gasteiger charge is 2.52. The van der Waals surface area contributed by atoms with Crippen LogP contribution in [-0.4, -0.2) is 35.5 Å². The molecule has 0 radical (unpaired) electrons. The third-order valence-corrected chi connectivity index (χ3v) is 5.04. The Kier molecular flexibility index (Phi) is 4.67. The minimum absolute atomic E-state index is 0.0182. The van der Waals surface area contributed by atoms with Gasteiger partial charge in [-0.3, -0.25) is 0 Å². The normalized spacial score (nSPS) is 25.4. The summed E-state index contributed by atoms with van der Waals surface area (Å²) in [5.74, 6) is 0.588. The zero-order chi connectivity index (χ0) is 18.5. The van der Waals surface area contributed by atoms with Gasteiger partial charge in [-0.05, 0) is 72.8 Å². The van der Waals surface area contributed by atoms with Gasteiger partial charge in [-0.15, -0.1) is 0 Å². The van der Waals surface area contributed by atoms with E-state index < -0.39 is 7.12 Å². The molecule has 2 fully saturated rings. The molecule has 1 atom stereocenters. The van der Waals surface area contributed by atoms with Crippen molar-refractivity contribution >= 4 is 12.6 Å². The van der Waals surface area contributed by atoms with E-state index in [0.29, 0.717) is 5.88 Å². The summed E-state index contributed by atoms with van der Waals surface area (Å²) in [6.45, 7) is 15.1. The molecule has 0 spiro atoms. The highest BCUT2D eigenvalue weighted by molar-refractivity contribution is 6.62. The van der Waals surface area contributed by atoms with Gasteiger partial charge < -0.3 is 18.8 Å². The summed E-state index contributed by atoms with van der Waals surface area (Å²) in [6, 6.07) is 3.96. The van der Waals surface area contributed by atoms with Crippen LogP contribution in [-0.2, 0) is 14.0 Å². The van der Waals surface area contributed by atoms with Gasteiger partial charge in [-0.1, -0.05) is 0 Å². The fourth-order valence-corrected chi connectivity index (χ4v) is 3.00. The van der Waals surface area contributed by atoms with Gasteiger partial charge in [0.05, 0.1) is 23.0 Å². The van der Waals surface area contributed by atoms with E-state index in [-0.39, 0.29) is 22.9 Å². The van der Waals surface area contributed by atoms with E-state index in [0.717, 1.165) is 30.6 Å². The van der Waals surface area contributed by atoms with Gasteiger partial charge in [0.25, 0.3) is 0 Å². The number of pyridine rings is 1. The van der Waals surface area contributed by atoms with Crippen LogP contribution < -0.4 is 10.2 Å². The van der Waals surface area contributed by atoms with Crippen molar-refractivity contribution in [2.24, 2.45) is 0 Å². The molecule has 138 valence electrons. The van der Waals surface area contributed by atoms with Crippen LogP contribution in [0.1, 0.15) is 73.1 Å². The van der Waals surface area contributed by atoms with Gasteiger partial charge in [-0.25, -0.2) is 4.98 Å². The predicted molar refractivity (Wildman–Crippen MR) is 98.3 cm³/mol. The van der Waals surface area contributed by atoms with E-state index >= 15 is 0 Å². The monoisotopic (exact) mass is 347 g/mol. The molecular formula is C19H30BNO4. The molecule has 25 heavy (non-hydrogen) atoms. The number of rotatable bonds is 3. The van der Waals surface area contributed by atoms with Crippen molar-refractivity contribution in [1.82, 2.24) is 4.98 Å². The van der Waals surface area contributed by atoms with Gasteiger partial charge in [0.2, 0.25) is 5.88 Å². The third kappa shape index (κ3) is 4.02. The fourth-order valence-electron chi connectivity index (χ4n) is 3.00. The van der Waals surface area contributed by atoms with Gasteiger partial charge in [-0.2, -0.15) is 0 Å². The number of ether oxygens (including phenoxy) is 2. The molecule has 0 aromatic carbocycles. The van der Waals surface area contributed by atoms with Crippen LogP contribution in [0.15, 0.2) is 12.1 Å². The van der Waals surface area contributed by atoms with Crippen molar-refractivity contribution in [1.29, 1.82) is 0 Å². The van der Waals surface area contributed by atoms with Gasteiger partial charge in [0.15, 0.2) is 0 Å². The van der Waals surface area contributed by atoms with E-state index in [1.807, 2.05) is 32.9 Å². The van der Waals surface area contributed by atoms with E-state index in [4.69, 9.17) is 18.8 Å². The number of aromatic nitrogens is 1. The molecule has 3 heterocycles. The van der Waals surface area contributed by atoms with E-state index in [1.54, 1.807) is 0 Å². The summed E-state index contributed by atoms with van der Waals surface area (Å²) < 4.78 is 24.3. The molecule has 1 aromatic heterocycles. The van der Waals surface area contributed by atoms with Crippen LogP contribution >= 0.6 is 0 Å². The molecule has 0 saturated carbocycles. The van der Waals surface area contributed by atoms with Gasteiger partial charge in [0, 0.05) is 12.7 Å². The molecule has 2 aliphatic rings. The Morgan fingerprint density at radius 3 is 2.28 bits per heavy atom. The first kappa shape index (κ1) is 18.7. The lowest BCUT2D eigenvalue weighted by Crippen LogP contribution is -2.41. The Morgan fingerprint density at radius 2 is 1.76 bits per heavy atom. The molecule has 2 aliphatic heterocycles. The first-order valence-electron chi connectivity index (χ1n) is 9.15. The van der Waals surface area contributed by atoms with Crippen molar-refractivity contribution in [3.63, 3.8) is 0 Å². The summed E-state index contributed by atoms with van der Waals surface area (Å²) in [6.07, 6.45) is 2.06.